The van der Waals surface area contributed by atoms with Gasteiger partial charge in [0, 0.05) is 42.1 Å². The van der Waals surface area contributed by atoms with Crippen molar-refractivity contribution in [1.29, 1.82) is 10.5 Å². The summed E-state index contributed by atoms with van der Waals surface area (Å²) in [4.78, 5) is 8.36. The molecule has 1 saturated carbocycles. The van der Waals surface area contributed by atoms with Crippen LogP contribution in [0.4, 0.5) is 15.8 Å². The molecule has 2 aromatic carbocycles. The molecule has 0 radical (unpaired) electrons. The second-order valence-electron chi connectivity index (χ2n) is 10.3. The highest BCUT2D eigenvalue weighted by Gasteiger charge is 2.32. The number of rotatable bonds is 10. The number of fused-ring (bicyclic) bond motifs is 1. The molecule has 1 aliphatic heterocycles. The van der Waals surface area contributed by atoms with Crippen LogP contribution in [0.2, 0.25) is 5.02 Å². The Labute approximate surface area is 247 Å². The largest absolute Gasteiger partial charge is 0.377 e. The summed E-state index contributed by atoms with van der Waals surface area (Å²) in [5.41, 5.74) is 11.1. The van der Waals surface area contributed by atoms with E-state index < -0.39 is 12.0 Å². The second-order valence-corrected chi connectivity index (χ2v) is 10.7. The third-order valence-corrected chi connectivity index (χ3v) is 7.65. The van der Waals surface area contributed by atoms with Crippen LogP contribution >= 0.6 is 11.6 Å². The van der Waals surface area contributed by atoms with Crippen LogP contribution in [0.5, 0.6) is 0 Å². The fourth-order valence-corrected chi connectivity index (χ4v) is 5.35. The van der Waals surface area contributed by atoms with Gasteiger partial charge >= 0.3 is 0 Å². The number of hydrogen-bond acceptors (Lipinski definition) is 9. The van der Waals surface area contributed by atoms with E-state index in [1.54, 1.807) is 12.1 Å². The van der Waals surface area contributed by atoms with Gasteiger partial charge in [-0.05, 0) is 48.6 Å². The van der Waals surface area contributed by atoms with E-state index in [9.17, 15) is 14.9 Å². The monoisotopic (exact) mass is 579 g/mol. The summed E-state index contributed by atoms with van der Waals surface area (Å²) in [6.45, 7) is 0. The van der Waals surface area contributed by atoms with Crippen LogP contribution in [-0.4, -0.2) is 21.0 Å². The van der Waals surface area contributed by atoms with E-state index in [1.165, 1.54) is 18.5 Å². The number of nitriles is 2. The van der Waals surface area contributed by atoms with E-state index in [-0.39, 0.29) is 6.04 Å². The van der Waals surface area contributed by atoms with Crippen LogP contribution in [-0.2, 0) is 0 Å². The number of anilines is 2. The van der Waals surface area contributed by atoms with Crippen LogP contribution in [0.1, 0.15) is 54.5 Å². The molecule has 1 aliphatic carbocycles. The molecule has 3 heterocycles. The van der Waals surface area contributed by atoms with Gasteiger partial charge in [0.25, 0.3) is 0 Å². The number of pyridine rings is 2. The van der Waals surface area contributed by atoms with Gasteiger partial charge < -0.3 is 16.1 Å². The molecule has 6 rings (SSSR count). The van der Waals surface area contributed by atoms with Crippen molar-refractivity contribution in [3.8, 4) is 12.1 Å². The van der Waals surface area contributed by atoms with Crippen molar-refractivity contribution in [3.63, 3.8) is 0 Å². The topological polar surface area (TPSA) is 125 Å². The Hall–Kier alpha value is -4.90. The molecule has 1 fully saturated rings. The van der Waals surface area contributed by atoms with Crippen LogP contribution in [0.3, 0.4) is 0 Å². The first-order chi connectivity index (χ1) is 20.5. The van der Waals surface area contributed by atoms with Crippen LogP contribution in [0.15, 0.2) is 78.9 Å². The van der Waals surface area contributed by atoms with E-state index in [0.29, 0.717) is 51.7 Å². The second kappa shape index (κ2) is 11.9. The number of benzene rings is 2. The average Bonchev–Trinajstić information content (AvgIpc) is 3.75. The maximum Gasteiger partial charge on any atom is 0.212 e. The van der Waals surface area contributed by atoms with Gasteiger partial charge in [0.2, 0.25) is 5.95 Å². The third-order valence-electron chi connectivity index (χ3n) is 7.36. The fourth-order valence-electron chi connectivity index (χ4n) is 5.08. The number of nitrogens with zero attached hydrogens (tertiary/aromatic N) is 5. The zero-order valence-corrected chi connectivity index (χ0v) is 23.2. The first-order valence-electron chi connectivity index (χ1n) is 13.6. The zero-order chi connectivity index (χ0) is 29.1. The van der Waals surface area contributed by atoms with E-state index in [2.05, 4.69) is 43.7 Å². The van der Waals surface area contributed by atoms with Gasteiger partial charge in [-0.25, -0.2) is 4.98 Å². The Morgan fingerprint density at radius 2 is 1.88 bits per heavy atom. The molecule has 2 atom stereocenters. The van der Waals surface area contributed by atoms with Crippen molar-refractivity contribution >= 4 is 33.9 Å². The minimum absolute atomic E-state index is 0.218. The fraction of sp³-hybridized carbons (Fsp3) is 0.226. The van der Waals surface area contributed by atoms with Gasteiger partial charge in [-0.2, -0.15) is 14.9 Å². The van der Waals surface area contributed by atoms with E-state index in [0.717, 1.165) is 29.7 Å². The average molecular weight is 580 g/mol. The van der Waals surface area contributed by atoms with Crippen molar-refractivity contribution in [2.45, 2.75) is 43.8 Å². The van der Waals surface area contributed by atoms with Crippen LogP contribution < -0.4 is 21.6 Å². The van der Waals surface area contributed by atoms with E-state index >= 15 is 0 Å². The minimum atomic E-state index is -0.562. The lowest BCUT2D eigenvalue weighted by Crippen LogP contribution is -2.38. The summed E-state index contributed by atoms with van der Waals surface area (Å²) in [5, 5.41) is 29.5. The Bertz CT molecular complexity index is 1710. The molecule has 4 aromatic rings. The van der Waals surface area contributed by atoms with Crippen LogP contribution in [0.25, 0.3) is 10.9 Å². The lowest BCUT2D eigenvalue weighted by atomic mass is 10.00. The van der Waals surface area contributed by atoms with Gasteiger partial charge in [0.05, 0.1) is 45.6 Å². The Kier molecular flexibility index (Phi) is 7.74. The number of hydrogen-bond donors (Lipinski definition) is 4. The van der Waals surface area contributed by atoms with Crippen molar-refractivity contribution in [2.75, 3.05) is 10.6 Å². The number of halogens is 2. The molecule has 1 unspecified atom stereocenters. The van der Waals surface area contributed by atoms with Crippen LogP contribution in [0, 0.1) is 28.6 Å². The van der Waals surface area contributed by atoms with Gasteiger partial charge in [-0.1, -0.05) is 48.0 Å². The quantitative estimate of drug-likeness (QED) is 0.162. The van der Waals surface area contributed by atoms with Gasteiger partial charge in [-0.3, -0.25) is 9.99 Å². The lowest BCUT2D eigenvalue weighted by molar-refractivity contribution is 0.260. The molecule has 0 amide bonds. The molecular weight excluding hydrogens is 553 g/mol. The number of nitrogens with one attached hydrogen (secondary N) is 4. The molecule has 0 saturated heterocycles. The summed E-state index contributed by atoms with van der Waals surface area (Å²) in [6.07, 6.45) is 8.11. The molecule has 11 heteroatoms. The Balaban J connectivity index is 1.41. The number of hydrazine groups is 2. The summed E-state index contributed by atoms with van der Waals surface area (Å²) < 4.78 is 13.7. The van der Waals surface area contributed by atoms with Crippen molar-refractivity contribution in [2.24, 2.45) is 0 Å². The first-order valence-corrected chi connectivity index (χ1v) is 14.0. The predicted octanol–water partition coefficient (Wildman–Crippen LogP) is 6.23. The minimum Gasteiger partial charge on any atom is -0.377 e. The highest BCUT2D eigenvalue weighted by atomic mass is 35.5. The zero-order valence-electron chi connectivity index (χ0n) is 22.5. The third kappa shape index (κ3) is 5.77. The summed E-state index contributed by atoms with van der Waals surface area (Å²) in [6, 6.07) is 20.8. The maximum absolute atomic E-state index is 13.7. The molecule has 210 valence electrons. The summed E-state index contributed by atoms with van der Waals surface area (Å²) in [7, 11) is 0. The van der Waals surface area contributed by atoms with E-state index in [1.807, 2.05) is 47.6 Å². The number of aromatic nitrogens is 2. The maximum atomic E-state index is 13.7. The van der Waals surface area contributed by atoms with Crippen molar-refractivity contribution in [3.05, 3.63) is 107 Å². The van der Waals surface area contributed by atoms with Gasteiger partial charge in [0.15, 0.2) is 0 Å². The van der Waals surface area contributed by atoms with E-state index in [4.69, 9.17) is 11.6 Å². The highest BCUT2D eigenvalue weighted by Crippen LogP contribution is 2.38. The Morgan fingerprint density at radius 3 is 2.60 bits per heavy atom. The molecule has 2 aromatic heterocycles. The SMILES string of the molecule is N#CCC[C@H](Nc1c(C#N)cnc2c(Cl)cc(NC(C3=CN(C4CC4)NN3)c3ccc(F)nc3)cc12)c1ccccc1. The molecule has 0 bridgehead atoms. The molecule has 2 aliphatic rings. The summed E-state index contributed by atoms with van der Waals surface area (Å²) >= 11 is 6.78. The Morgan fingerprint density at radius 1 is 1.05 bits per heavy atom. The van der Waals surface area contributed by atoms with Crippen molar-refractivity contribution in [1.82, 2.24) is 25.9 Å². The lowest BCUT2D eigenvalue weighted by Gasteiger charge is -2.23. The molecule has 9 nitrogen and oxygen atoms in total. The standard InChI is InChI=1S/C31H27ClFN9/c32-25-14-22(38-30(20-8-11-28(33)36-16-20)27-18-42(41-40-27)23-9-10-23)13-24-29(21(15-35)17-37-31(24)25)39-26(7-4-12-34)19-5-2-1-3-6-19/h1-3,5-6,8,11,13-14,16-18,23,26,30,38,40-41H,4,7,9-10H2,(H,37,39)/t26-,30?/m0/s1. The molecular formula is C31H27ClFN9. The first kappa shape index (κ1) is 27.3. The van der Waals surface area contributed by atoms with Crippen molar-refractivity contribution < 1.29 is 4.39 Å². The molecule has 4 N–H and O–H groups in total. The van der Waals surface area contributed by atoms with Gasteiger partial charge in [0.1, 0.15) is 6.07 Å². The smallest absolute Gasteiger partial charge is 0.212 e. The molecule has 42 heavy (non-hydrogen) atoms. The van der Waals surface area contributed by atoms with Gasteiger partial charge in [-0.15, -0.1) is 5.53 Å². The summed E-state index contributed by atoms with van der Waals surface area (Å²) in [5.74, 6) is -0.562. The predicted molar refractivity (Wildman–Crippen MR) is 159 cm³/mol. The normalized spacial score (nSPS) is 15.7. The highest BCUT2D eigenvalue weighted by molar-refractivity contribution is 6.35. The molecule has 0 spiro atoms.